The Morgan fingerprint density at radius 1 is 1.28 bits per heavy atom. The summed E-state index contributed by atoms with van der Waals surface area (Å²) in [6.45, 7) is 1.52. The van der Waals surface area contributed by atoms with Crippen LogP contribution >= 0.6 is 0 Å². The third kappa shape index (κ3) is 7.23. The largest absolute Gasteiger partial charge is 0.467 e. The summed E-state index contributed by atoms with van der Waals surface area (Å²) in [4.78, 5) is 22.2. The topological polar surface area (TPSA) is 98.8 Å². The fourth-order valence-corrected chi connectivity index (χ4v) is 2.77. The maximum absolute atomic E-state index is 11.7. The average molecular weight is 281 g/mol. The first kappa shape index (κ1) is 16.9. The number of carbonyl (C=O) groups excluding carboxylic acids is 2. The molecule has 0 aromatic heterocycles. The lowest BCUT2D eigenvalue weighted by Gasteiger charge is -2.15. The van der Waals surface area contributed by atoms with Crippen molar-refractivity contribution in [2.75, 3.05) is 32.3 Å². The van der Waals surface area contributed by atoms with Gasteiger partial charge in [-0.2, -0.15) is 0 Å². The van der Waals surface area contributed by atoms with Crippen LogP contribution in [0.25, 0.3) is 0 Å². The molecule has 0 aliphatic rings. The first-order chi connectivity index (χ1) is 8.32. The summed E-state index contributed by atoms with van der Waals surface area (Å²) in [5.74, 6) is -1.84. The van der Waals surface area contributed by atoms with Crippen LogP contribution in [0.5, 0.6) is 0 Å². The van der Waals surface area contributed by atoms with Gasteiger partial charge in [-0.05, 0) is 6.42 Å². The summed E-state index contributed by atoms with van der Waals surface area (Å²) in [7, 11) is -0.842. The lowest BCUT2D eigenvalue weighted by molar-refractivity contribution is -0.144. The number of hydrogen-bond acceptors (Lipinski definition) is 6. The number of esters is 1. The van der Waals surface area contributed by atoms with Crippen molar-refractivity contribution in [2.45, 2.75) is 19.4 Å². The van der Waals surface area contributed by atoms with Gasteiger partial charge < -0.3 is 14.8 Å². The molecule has 0 heterocycles. The van der Waals surface area contributed by atoms with Crippen LogP contribution in [0.1, 0.15) is 13.3 Å². The number of hydrogen-bond donors (Lipinski definition) is 1. The van der Waals surface area contributed by atoms with Gasteiger partial charge in [0, 0.05) is 20.6 Å². The first-order valence-electron chi connectivity index (χ1n) is 5.36. The quantitative estimate of drug-likeness (QED) is 0.458. The standard InChI is InChI=1S/C10H19NO6S/c1-8(12)11-9(10(13)17-3)7-18(14,15)6-4-5-16-2/h9H,4-7H2,1-3H3,(H,11,12). The Morgan fingerprint density at radius 3 is 2.33 bits per heavy atom. The molecule has 0 aliphatic carbocycles. The van der Waals surface area contributed by atoms with E-state index >= 15 is 0 Å². The van der Waals surface area contributed by atoms with Crippen LogP contribution in [0, 0.1) is 0 Å². The minimum absolute atomic E-state index is 0.103. The van der Waals surface area contributed by atoms with Crippen molar-refractivity contribution >= 4 is 21.7 Å². The fraction of sp³-hybridized carbons (Fsp3) is 0.800. The van der Waals surface area contributed by atoms with Crippen molar-refractivity contribution in [3.8, 4) is 0 Å². The zero-order valence-corrected chi connectivity index (χ0v) is 11.6. The molecule has 18 heavy (non-hydrogen) atoms. The van der Waals surface area contributed by atoms with E-state index in [1.165, 1.54) is 14.0 Å². The monoisotopic (exact) mass is 281 g/mol. The molecule has 1 unspecified atom stereocenters. The molecule has 0 aliphatic heterocycles. The van der Waals surface area contributed by atoms with E-state index in [2.05, 4.69) is 10.1 Å². The van der Waals surface area contributed by atoms with Gasteiger partial charge in [0.1, 0.15) is 6.04 Å². The molecule has 0 aromatic rings. The van der Waals surface area contributed by atoms with Crippen LogP contribution in [-0.4, -0.2) is 58.7 Å². The first-order valence-corrected chi connectivity index (χ1v) is 7.19. The van der Waals surface area contributed by atoms with E-state index in [-0.39, 0.29) is 5.75 Å². The van der Waals surface area contributed by atoms with Crippen LogP contribution in [-0.2, 0) is 28.9 Å². The lowest BCUT2D eigenvalue weighted by Crippen LogP contribution is -2.45. The van der Waals surface area contributed by atoms with E-state index in [0.717, 1.165) is 7.11 Å². The Morgan fingerprint density at radius 2 is 1.89 bits per heavy atom. The summed E-state index contributed by atoms with van der Waals surface area (Å²) in [6.07, 6.45) is 0.340. The summed E-state index contributed by atoms with van der Waals surface area (Å²) in [5, 5.41) is 2.25. The molecule has 106 valence electrons. The highest BCUT2D eigenvalue weighted by Gasteiger charge is 2.26. The summed E-state index contributed by atoms with van der Waals surface area (Å²) in [6, 6.07) is -1.17. The van der Waals surface area contributed by atoms with E-state index in [0.29, 0.717) is 13.0 Å². The van der Waals surface area contributed by atoms with Gasteiger partial charge in [0.25, 0.3) is 0 Å². The molecule has 1 atom stereocenters. The second-order valence-electron chi connectivity index (χ2n) is 3.74. The molecule has 0 saturated heterocycles. The van der Waals surface area contributed by atoms with Crippen LogP contribution in [0.15, 0.2) is 0 Å². The SMILES string of the molecule is COCCCS(=O)(=O)CC(NC(C)=O)C(=O)OC. The average Bonchev–Trinajstić information content (AvgIpc) is 2.26. The Labute approximate surface area is 107 Å². The predicted molar refractivity (Wildman–Crippen MR) is 64.8 cm³/mol. The van der Waals surface area contributed by atoms with E-state index < -0.39 is 33.5 Å². The number of rotatable bonds is 8. The Balaban J connectivity index is 4.55. The van der Waals surface area contributed by atoms with E-state index in [4.69, 9.17) is 4.74 Å². The molecule has 8 heteroatoms. The number of methoxy groups -OCH3 is 2. The van der Waals surface area contributed by atoms with Gasteiger partial charge in [-0.25, -0.2) is 13.2 Å². The number of carbonyl (C=O) groups is 2. The maximum atomic E-state index is 11.7. The highest BCUT2D eigenvalue weighted by Crippen LogP contribution is 2.00. The van der Waals surface area contributed by atoms with Crippen molar-refractivity contribution < 1.29 is 27.5 Å². The number of sulfone groups is 1. The maximum Gasteiger partial charge on any atom is 0.329 e. The highest BCUT2D eigenvalue weighted by molar-refractivity contribution is 7.91. The number of amides is 1. The van der Waals surface area contributed by atoms with Gasteiger partial charge in [0.05, 0.1) is 18.6 Å². The molecule has 0 radical (unpaired) electrons. The van der Waals surface area contributed by atoms with Crippen molar-refractivity contribution in [2.24, 2.45) is 0 Å². The van der Waals surface area contributed by atoms with Gasteiger partial charge in [-0.15, -0.1) is 0 Å². The molecule has 0 rings (SSSR count). The molecule has 0 bridgehead atoms. The van der Waals surface area contributed by atoms with Crippen molar-refractivity contribution in [1.29, 1.82) is 0 Å². The Kier molecular flexibility index (Phi) is 7.53. The van der Waals surface area contributed by atoms with Gasteiger partial charge >= 0.3 is 5.97 Å². The Hall–Kier alpha value is -1.15. The molecule has 7 nitrogen and oxygen atoms in total. The minimum Gasteiger partial charge on any atom is -0.467 e. The van der Waals surface area contributed by atoms with Gasteiger partial charge in [0.2, 0.25) is 5.91 Å². The second kappa shape index (κ2) is 8.04. The molecular formula is C10H19NO6S. The molecule has 0 saturated carbocycles. The summed E-state index contributed by atoms with van der Waals surface area (Å²) >= 11 is 0. The van der Waals surface area contributed by atoms with Gasteiger partial charge in [0.15, 0.2) is 9.84 Å². The lowest BCUT2D eigenvalue weighted by atomic mass is 10.3. The highest BCUT2D eigenvalue weighted by atomic mass is 32.2. The summed E-state index contributed by atoms with van der Waals surface area (Å²) in [5.41, 5.74) is 0. The van der Waals surface area contributed by atoms with Crippen LogP contribution in [0.4, 0.5) is 0 Å². The van der Waals surface area contributed by atoms with E-state index in [1.807, 2.05) is 0 Å². The zero-order valence-electron chi connectivity index (χ0n) is 10.8. The zero-order chi connectivity index (χ0) is 14.2. The van der Waals surface area contributed by atoms with Crippen LogP contribution in [0.2, 0.25) is 0 Å². The fourth-order valence-electron chi connectivity index (χ4n) is 1.32. The second-order valence-corrected chi connectivity index (χ2v) is 5.97. The normalized spacial score (nSPS) is 12.8. The van der Waals surface area contributed by atoms with Crippen molar-refractivity contribution in [3.05, 3.63) is 0 Å². The number of nitrogens with one attached hydrogen (secondary N) is 1. The van der Waals surface area contributed by atoms with Crippen LogP contribution in [0.3, 0.4) is 0 Å². The van der Waals surface area contributed by atoms with Crippen molar-refractivity contribution in [1.82, 2.24) is 5.32 Å². The molecular weight excluding hydrogens is 262 g/mol. The van der Waals surface area contributed by atoms with Gasteiger partial charge in [-0.1, -0.05) is 0 Å². The summed E-state index contributed by atoms with van der Waals surface area (Å²) < 4.78 is 32.6. The van der Waals surface area contributed by atoms with Crippen molar-refractivity contribution in [3.63, 3.8) is 0 Å². The molecule has 0 aromatic carbocycles. The minimum atomic E-state index is -3.45. The van der Waals surface area contributed by atoms with E-state index in [9.17, 15) is 18.0 Å². The number of ether oxygens (including phenoxy) is 2. The third-order valence-corrected chi connectivity index (χ3v) is 3.84. The molecule has 0 fully saturated rings. The third-order valence-electron chi connectivity index (χ3n) is 2.09. The predicted octanol–water partition coefficient (Wildman–Crippen LogP) is -0.885. The molecule has 1 N–H and O–H groups in total. The van der Waals surface area contributed by atoms with E-state index in [1.54, 1.807) is 0 Å². The molecule has 1 amide bonds. The Bertz CT molecular complexity index is 378. The smallest absolute Gasteiger partial charge is 0.329 e. The van der Waals surface area contributed by atoms with Gasteiger partial charge in [-0.3, -0.25) is 4.79 Å². The molecule has 0 spiro atoms. The van der Waals surface area contributed by atoms with Crippen LogP contribution < -0.4 is 5.32 Å².